The van der Waals surface area contributed by atoms with Crippen molar-refractivity contribution in [3.63, 3.8) is 0 Å². The van der Waals surface area contributed by atoms with Crippen molar-refractivity contribution in [3.8, 4) is 5.75 Å². The van der Waals surface area contributed by atoms with Crippen molar-refractivity contribution >= 4 is 5.91 Å². The van der Waals surface area contributed by atoms with E-state index in [1.54, 1.807) is 0 Å². The molecule has 0 bridgehead atoms. The van der Waals surface area contributed by atoms with Gasteiger partial charge in [0.25, 0.3) is 5.91 Å². The molecule has 2 aromatic rings. The van der Waals surface area contributed by atoms with Gasteiger partial charge in [0.2, 0.25) is 0 Å². The van der Waals surface area contributed by atoms with Crippen LogP contribution in [-0.2, 0) is 5.41 Å². The molecule has 0 aromatic heterocycles. The van der Waals surface area contributed by atoms with E-state index in [9.17, 15) is 4.79 Å². The molecule has 29 heavy (non-hydrogen) atoms. The Morgan fingerprint density at radius 2 is 1.66 bits per heavy atom. The normalized spacial score (nSPS) is 15.9. The topological polar surface area (TPSA) is 41.6 Å². The van der Waals surface area contributed by atoms with E-state index < -0.39 is 0 Å². The summed E-state index contributed by atoms with van der Waals surface area (Å²) in [6.45, 7) is 12.1. The third kappa shape index (κ3) is 5.60. The number of likely N-dealkylation sites (tertiary alicyclic amines) is 1. The van der Waals surface area contributed by atoms with Gasteiger partial charge in [0.1, 0.15) is 5.75 Å². The van der Waals surface area contributed by atoms with Gasteiger partial charge in [-0.1, -0.05) is 45.0 Å². The van der Waals surface area contributed by atoms with Gasteiger partial charge in [-0.25, -0.2) is 0 Å². The third-order valence-electron chi connectivity index (χ3n) is 5.63. The lowest BCUT2D eigenvalue weighted by Crippen LogP contribution is -2.36. The summed E-state index contributed by atoms with van der Waals surface area (Å²) in [5.41, 5.74) is 3.41. The van der Waals surface area contributed by atoms with Crippen LogP contribution >= 0.6 is 0 Å². The number of carbonyl (C=O) groups is 1. The fourth-order valence-electron chi connectivity index (χ4n) is 3.88. The predicted molar refractivity (Wildman–Crippen MR) is 119 cm³/mol. The van der Waals surface area contributed by atoms with E-state index in [0.29, 0.717) is 18.7 Å². The molecule has 156 valence electrons. The number of amides is 1. The number of ether oxygens (including phenoxy) is 1. The molecule has 1 unspecified atom stereocenters. The number of nitrogens with one attached hydrogen (secondary N) is 1. The molecule has 4 heteroatoms. The van der Waals surface area contributed by atoms with Crippen molar-refractivity contribution in [1.82, 2.24) is 10.2 Å². The third-order valence-corrected chi connectivity index (χ3v) is 5.63. The van der Waals surface area contributed by atoms with Crippen LogP contribution in [0.15, 0.2) is 48.5 Å². The summed E-state index contributed by atoms with van der Waals surface area (Å²) in [5, 5.41) is 3.15. The van der Waals surface area contributed by atoms with Gasteiger partial charge in [0, 0.05) is 12.1 Å². The highest BCUT2D eigenvalue weighted by Crippen LogP contribution is 2.28. The summed E-state index contributed by atoms with van der Waals surface area (Å²) in [4.78, 5) is 15.2. The van der Waals surface area contributed by atoms with Crippen LogP contribution in [0.1, 0.15) is 68.1 Å². The molecule has 1 fully saturated rings. The number of hydrogen-bond acceptors (Lipinski definition) is 3. The quantitative estimate of drug-likeness (QED) is 0.722. The molecule has 1 aliphatic rings. The van der Waals surface area contributed by atoms with Crippen LogP contribution in [-0.4, -0.2) is 37.0 Å². The van der Waals surface area contributed by atoms with Gasteiger partial charge in [-0.05, 0) is 73.7 Å². The molecular formula is C25H34N2O2. The van der Waals surface area contributed by atoms with Gasteiger partial charge in [-0.2, -0.15) is 0 Å². The Bertz CT molecular complexity index is 785. The van der Waals surface area contributed by atoms with Crippen LogP contribution in [0.2, 0.25) is 0 Å². The summed E-state index contributed by atoms with van der Waals surface area (Å²) in [6, 6.07) is 16.5. The van der Waals surface area contributed by atoms with E-state index in [-0.39, 0.29) is 17.4 Å². The van der Waals surface area contributed by atoms with Gasteiger partial charge < -0.3 is 10.1 Å². The molecule has 2 aromatic carbocycles. The molecule has 1 N–H and O–H groups in total. The van der Waals surface area contributed by atoms with Crippen LogP contribution < -0.4 is 10.1 Å². The van der Waals surface area contributed by atoms with E-state index in [2.05, 4.69) is 55.3 Å². The number of nitrogens with zero attached hydrogens (tertiary/aromatic N) is 1. The second-order valence-corrected chi connectivity index (χ2v) is 8.80. The Balaban J connectivity index is 1.70. The van der Waals surface area contributed by atoms with Gasteiger partial charge in [-0.3, -0.25) is 9.69 Å². The molecule has 1 amide bonds. The Morgan fingerprint density at radius 1 is 1.03 bits per heavy atom. The number of hydrogen-bond donors (Lipinski definition) is 1. The van der Waals surface area contributed by atoms with Gasteiger partial charge in [0.15, 0.2) is 0 Å². The van der Waals surface area contributed by atoms with Crippen molar-refractivity contribution < 1.29 is 9.53 Å². The summed E-state index contributed by atoms with van der Waals surface area (Å²) in [6.07, 6.45) is 2.45. The Morgan fingerprint density at radius 3 is 2.21 bits per heavy atom. The minimum absolute atomic E-state index is 0.0384. The van der Waals surface area contributed by atoms with Gasteiger partial charge in [-0.15, -0.1) is 0 Å². The van der Waals surface area contributed by atoms with Crippen molar-refractivity contribution in [2.75, 3.05) is 26.2 Å². The molecule has 1 atom stereocenters. The molecule has 1 saturated heterocycles. The maximum absolute atomic E-state index is 12.7. The van der Waals surface area contributed by atoms with Crippen molar-refractivity contribution in [1.29, 1.82) is 0 Å². The highest BCUT2D eigenvalue weighted by molar-refractivity contribution is 5.94. The van der Waals surface area contributed by atoms with E-state index in [1.807, 2.05) is 31.2 Å². The first-order chi connectivity index (χ1) is 13.9. The summed E-state index contributed by atoms with van der Waals surface area (Å²) in [7, 11) is 0. The van der Waals surface area contributed by atoms with E-state index in [1.165, 1.54) is 24.0 Å². The minimum atomic E-state index is -0.0384. The zero-order valence-electron chi connectivity index (χ0n) is 18.2. The van der Waals surface area contributed by atoms with E-state index >= 15 is 0 Å². The summed E-state index contributed by atoms with van der Waals surface area (Å²) >= 11 is 0. The first-order valence-corrected chi connectivity index (χ1v) is 10.7. The monoisotopic (exact) mass is 394 g/mol. The van der Waals surface area contributed by atoms with Crippen LogP contribution in [0.3, 0.4) is 0 Å². The average molecular weight is 395 g/mol. The Hall–Kier alpha value is -2.33. The van der Waals surface area contributed by atoms with E-state index in [0.717, 1.165) is 18.8 Å². The summed E-state index contributed by atoms with van der Waals surface area (Å²) < 4.78 is 5.46. The molecule has 0 radical (unpaired) electrons. The zero-order valence-corrected chi connectivity index (χ0v) is 18.2. The molecule has 1 aliphatic heterocycles. The lowest BCUT2D eigenvalue weighted by molar-refractivity contribution is 0.0938. The highest BCUT2D eigenvalue weighted by Gasteiger charge is 2.24. The molecule has 0 spiro atoms. The largest absolute Gasteiger partial charge is 0.494 e. The predicted octanol–water partition coefficient (Wildman–Crippen LogP) is 4.95. The SMILES string of the molecule is CCOc1ccc(C(=O)NCC(c2ccc(C(C)(C)C)cc2)N2CCCC2)cc1. The van der Waals surface area contributed by atoms with Crippen molar-refractivity contribution in [3.05, 3.63) is 65.2 Å². The van der Waals surface area contributed by atoms with Crippen molar-refractivity contribution in [2.45, 2.75) is 52.0 Å². The lowest BCUT2D eigenvalue weighted by Gasteiger charge is -2.29. The number of rotatable bonds is 7. The van der Waals surface area contributed by atoms with E-state index in [4.69, 9.17) is 4.74 Å². The molecular weight excluding hydrogens is 360 g/mol. The van der Waals surface area contributed by atoms with Gasteiger partial charge >= 0.3 is 0 Å². The number of benzene rings is 2. The maximum atomic E-state index is 12.7. The molecule has 1 heterocycles. The zero-order chi connectivity index (χ0) is 20.9. The van der Waals surface area contributed by atoms with Crippen LogP contribution in [0.4, 0.5) is 0 Å². The molecule has 0 aliphatic carbocycles. The molecule has 0 saturated carbocycles. The molecule has 3 rings (SSSR count). The maximum Gasteiger partial charge on any atom is 0.251 e. The first-order valence-electron chi connectivity index (χ1n) is 10.7. The number of carbonyl (C=O) groups excluding carboxylic acids is 1. The highest BCUT2D eigenvalue weighted by atomic mass is 16.5. The second kappa shape index (κ2) is 9.45. The fourth-order valence-corrected chi connectivity index (χ4v) is 3.88. The lowest BCUT2D eigenvalue weighted by atomic mass is 9.86. The van der Waals surface area contributed by atoms with Gasteiger partial charge in [0.05, 0.1) is 12.6 Å². The Labute approximate surface area is 175 Å². The molecule has 4 nitrogen and oxygen atoms in total. The smallest absolute Gasteiger partial charge is 0.251 e. The summed E-state index contributed by atoms with van der Waals surface area (Å²) in [5.74, 6) is 0.751. The van der Waals surface area contributed by atoms with Crippen LogP contribution in [0, 0.1) is 0 Å². The van der Waals surface area contributed by atoms with Crippen LogP contribution in [0.25, 0.3) is 0 Å². The van der Waals surface area contributed by atoms with Crippen molar-refractivity contribution in [2.24, 2.45) is 0 Å². The standard InChI is InChI=1S/C25H34N2O2/c1-5-29-22-14-10-20(11-15-22)24(28)26-18-23(27-16-6-7-17-27)19-8-12-21(13-9-19)25(2,3)4/h8-15,23H,5-7,16-18H2,1-4H3,(H,26,28). The first kappa shape index (κ1) is 21.4. The Kier molecular flexibility index (Phi) is 6.96. The second-order valence-electron chi connectivity index (χ2n) is 8.80. The fraction of sp³-hybridized carbons (Fsp3) is 0.480. The van der Waals surface area contributed by atoms with Crippen LogP contribution in [0.5, 0.6) is 5.75 Å². The minimum Gasteiger partial charge on any atom is -0.494 e. The average Bonchev–Trinajstić information content (AvgIpc) is 3.23.